The van der Waals surface area contributed by atoms with Crippen LogP contribution in [-0.4, -0.2) is 81.7 Å². The van der Waals surface area contributed by atoms with Gasteiger partial charge in [0.1, 0.15) is 30.0 Å². The summed E-state index contributed by atoms with van der Waals surface area (Å²) in [7, 11) is 4.28. The molecule has 1 amide bonds. The van der Waals surface area contributed by atoms with Gasteiger partial charge in [-0.2, -0.15) is 5.26 Å². The number of benzene rings is 1. The van der Waals surface area contributed by atoms with Crippen molar-refractivity contribution in [3.63, 3.8) is 0 Å². The van der Waals surface area contributed by atoms with Crippen LogP contribution in [0.2, 0.25) is 0 Å². The summed E-state index contributed by atoms with van der Waals surface area (Å²) in [5, 5.41) is 49.2. The number of carbonyl (C=O) groups excluding carboxylic acids is 3. The maximum Gasteiger partial charge on any atom is 0.255 e. The van der Waals surface area contributed by atoms with Gasteiger partial charge < -0.3 is 37.4 Å². The van der Waals surface area contributed by atoms with Crippen molar-refractivity contribution in [2.75, 3.05) is 21.2 Å². The number of rotatable bonds is 4. The van der Waals surface area contributed by atoms with E-state index in [-0.39, 0.29) is 17.7 Å². The lowest BCUT2D eigenvalue weighted by molar-refractivity contribution is -0.139. The minimum Gasteiger partial charge on any atom is -0.509 e. The number of hydrogen-bond donors (Lipinski definition) is 6. The fraction of sp³-hybridized carbons (Fsp3) is 0.483. The number of Topliss-reactive ketones (excluding diaryl/α,β-unsaturated/α-hetero) is 2. The molecule has 13 heteroatoms. The largest absolute Gasteiger partial charge is 0.509 e. The van der Waals surface area contributed by atoms with Gasteiger partial charge in [0, 0.05) is 11.1 Å². The van der Waals surface area contributed by atoms with Crippen molar-refractivity contribution < 1.29 is 34.5 Å². The molecule has 1 fully saturated rings. The van der Waals surface area contributed by atoms with Gasteiger partial charge in [-0.1, -0.05) is 25.9 Å². The number of carbonyl (C=O) groups is 3. The fourth-order valence-electron chi connectivity index (χ4n) is 6.98. The minimum atomic E-state index is -2.72. The Bertz CT molecular complexity index is 1590. The van der Waals surface area contributed by atoms with Crippen LogP contribution in [0.15, 0.2) is 28.1 Å². The number of ketones is 2. The second kappa shape index (κ2) is 9.38. The normalized spacial score (nSPS) is 29.6. The van der Waals surface area contributed by atoms with Gasteiger partial charge in [-0.05, 0) is 50.9 Å². The van der Waals surface area contributed by atoms with E-state index in [4.69, 9.17) is 22.0 Å². The Balaban J connectivity index is 2.19. The van der Waals surface area contributed by atoms with Crippen LogP contribution >= 0.6 is 0 Å². The first kappa shape index (κ1) is 30.7. The third-order valence-corrected chi connectivity index (χ3v) is 8.68. The summed E-state index contributed by atoms with van der Waals surface area (Å²) < 4.78 is 0. The van der Waals surface area contributed by atoms with Gasteiger partial charge in [0.25, 0.3) is 5.91 Å². The lowest BCUT2D eigenvalue weighted by atomic mass is 9.47. The number of nitrogens with zero attached hydrogens (tertiary/aromatic N) is 3. The Morgan fingerprint density at radius 2 is 1.81 bits per heavy atom. The van der Waals surface area contributed by atoms with E-state index in [1.807, 2.05) is 20.8 Å². The Kier molecular flexibility index (Phi) is 6.86. The summed E-state index contributed by atoms with van der Waals surface area (Å²) >= 11 is 0. The van der Waals surface area contributed by atoms with Gasteiger partial charge in [-0.3, -0.25) is 19.3 Å². The number of phenolic OH excluding ortho intramolecular Hbond substituents is 1. The summed E-state index contributed by atoms with van der Waals surface area (Å²) in [6.45, 7) is 7.19. The summed E-state index contributed by atoms with van der Waals surface area (Å²) in [6.07, 6.45) is -0.649. The molecule has 0 aliphatic heterocycles. The summed E-state index contributed by atoms with van der Waals surface area (Å²) in [5.41, 5.74) is 12.0. The number of aliphatic hydroxyl groups is 2. The van der Waals surface area contributed by atoms with Crippen molar-refractivity contribution in [2.45, 2.75) is 63.1 Å². The van der Waals surface area contributed by atoms with Crippen molar-refractivity contribution in [3.05, 3.63) is 45.2 Å². The second-order valence-corrected chi connectivity index (χ2v) is 12.6. The summed E-state index contributed by atoms with van der Waals surface area (Å²) in [6, 6.07) is 1.99. The standard InChI is InChI=1S/C29H36N6O7/c1-12(34-42-7)13-8-15(26(2,3)4)19(36)16-14(13)9-27(32)10-29(33)22(35(5)6)21(38)17(25(31)41)23(39)28(29,11-30)24(40)18(27)20(16)37/h8,22,36-37,39H,9-10,32-33H2,1-7H3,(H2,31,41)/b34-12-/t22-,27-,28+,29-/m1/s1. The first-order chi connectivity index (χ1) is 19.3. The number of amides is 1. The number of aliphatic hydroxyl groups excluding tert-OH is 2. The van der Waals surface area contributed by atoms with Crippen LogP contribution in [0.1, 0.15) is 56.4 Å². The molecule has 1 aromatic rings. The van der Waals surface area contributed by atoms with E-state index in [1.165, 1.54) is 26.1 Å². The minimum absolute atomic E-state index is 0.0975. The molecule has 4 rings (SSSR count). The maximum absolute atomic E-state index is 14.5. The summed E-state index contributed by atoms with van der Waals surface area (Å²) in [5.74, 6) is -5.76. The molecule has 224 valence electrons. The second-order valence-electron chi connectivity index (χ2n) is 12.6. The van der Waals surface area contributed by atoms with E-state index in [0.717, 1.165) is 0 Å². The van der Waals surface area contributed by atoms with Crippen LogP contribution in [0.5, 0.6) is 5.75 Å². The molecule has 0 aromatic heterocycles. The van der Waals surface area contributed by atoms with E-state index in [2.05, 4.69) is 5.16 Å². The number of fused-ring (bicyclic) bond motifs is 3. The van der Waals surface area contributed by atoms with Crippen LogP contribution in [-0.2, 0) is 31.1 Å². The van der Waals surface area contributed by atoms with Crippen molar-refractivity contribution in [1.82, 2.24) is 4.90 Å². The van der Waals surface area contributed by atoms with Crippen molar-refractivity contribution in [2.24, 2.45) is 27.8 Å². The average Bonchev–Trinajstić information content (AvgIpc) is 2.82. The molecule has 9 N–H and O–H groups in total. The molecule has 0 spiro atoms. The highest BCUT2D eigenvalue weighted by atomic mass is 16.6. The van der Waals surface area contributed by atoms with E-state index in [0.29, 0.717) is 22.4 Å². The zero-order valence-corrected chi connectivity index (χ0v) is 24.6. The number of phenols is 1. The number of nitrogens with two attached hydrogens (primary N) is 3. The van der Waals surface area contributed by atoms with Gasteiger partial charge in [-0.15, -0.1) is 0 Å². The van der Waals surface area contributed by atoms with Crippen molar-refractivity contribution >= 4 is 28.9 Å². The zero-order valence-electron chi connectivity index (χ0n) is 24.6. The number of primary amides is 1. The van der Waals surface area contributed by atoms with Crippen LogP contribution < -0.4 is 17.2 Å². The fourth-order valence-corrected chi connectivity index (χ4v) is 6.98. The SMILES string of the molecule is CO/N=C(/C)c1cc(C(C)(C)C)c(O)c2c1C[C@@]1(N)C[C@@]3(N)[C@H](N(C)C)C(=O)C(C(N)=O)=C(O)[C@@]3(C#N)C(=O)C1=C2O. The highest BCUT2D eigenvalue weighted by Gasteiger charge is 2.74. The molecule has 0 saturated heterocycles. The molecule has 42 heavy (non-hydrogen) atoms. The molecule has 4 atom stereocenters. The Hall–Kier alpha value is -4.25. The predicted octanol–water partition coefficient (Wildman–Crippen LogP) is 0.573. The molecule has 1 saturated carbocycles. The van der Waals surface area contributed by atoms with Gasteiger partial charge >= 0.3 is 0 Å². The van der Waals surface area contributed by atoms with E-state index < -0.39 is 74.5 Å². The quantitative estimate of drug-likeness (QED) is 0.163. The molecular formula is C29H36N6O7. The average molecular weight is 581 g/mol. The number of nitriles is 1. The highest BCUT2D eigenvalue weighted by Crippen LogP contribution is 2.59. The number of hydrogen-bond acceptors (Lipinski definition) is 12. The molecule has 0 radical (unpaired) electrons. The van der Waals surface area contributed by atoms with Crippen LogP contribution in [0, 0.1) is 16.7 Å². The smallest absolute Gasteiger partial charge is 0.255 e. The topological polar surface area (TPSA) is 239 Å². The molecule has 0 heterocycles. The lowest BCUT2D eigenvalue weighted by Crippen LogP contribution is -2.80. The third kappa shape index (κ3) is 3.72. The number of oxime groups is 1. The van der Waals surface area contributed by atoms with E-state index in [1.54, 1.807) is 19.1 Å². The number of aromatic hydroxyl groups is 1. The number of likely N-dealkylation sites (N-methyl/N-ethyl adjacent to an activating group) is 1. The monoisotopic (exact) mass is 580 g/mol. The molecular weight excluding hydrogens is 544 g/mol. The van der Waals surface area contributed by atoms with E-state index in [9.17, 15) is 35.0 Å². The third-order valence-electron chi connectivity index (χ3n) is 8.68. The molecule has 13 nitrogen and oxygen atoms in total. The Labute approximate surface area is 242 Å². The van der Waals surface area contributed by atoms with Crippen molar-refractivity contribution in [1.29, 1.82) is 5.26 Å². The molecule has 1 aromatic carbocycles. The highest BCUT2D eigenvalue weighted by molar-refractivity contribution is 6.25. The first-order valence-corrected chi connectivity index (χ1v) is 13.2. The first-order valence-electron chi connectivity index (χ1n) is 13.2. The summed E-state index contributed by atoms with van der Waals surface area (Å²) in [4.78, 5) is 46.7. The van der Waals surface area contributed by atoms with E-state index >= 15 is 0 Å². The van der Waals surface area contributed by atoms with Crippen molar-refractivity contribution in [3.8, 4) is 11.8 Å². The Morgan fingerprint density at radius 3 is 2.29 bits per heavy atom. The zero-order chi connectivity index (χ0) is 31.9. The molecule has 3 aliphatic rings. The molecule has 0 unspecified atom stereocenters. The van der Waals surface area contributed by atoms with Gasteiger partial charge in [0.05, 0.1) is 40.0 Å². The van der Waals surface area contributed by atoms with Crippen LogP contribution in [0.3, 0.4) is 0 Å². The van der Waals surface area contributed by atoms with Gasteiger partial charge in [0.2, 0.25) is 0 Å². The lowest BCUT2D eigenvalue weighted by Gasteiger charge is -2.58. The van der Waals surface area contributed by atoms with Crippen LogP contribution in [0.4, 0.5) is 0 Å². The molecule has 3 aliphatic carbocycles. The van der Waals surface area contributed by atoms with Gasteiger partial charge in [0.15, 0.2) is 17.0 Å². The maximum atomic E-state index is 14.5. The molecule has 0 bridgehead atoms. The van der Waals surface area contributed by atoms with Gasteiger partial charge in [-0.25, -0.2) is 0 Å². The van der Waals surface area contributed by atoms with Crippen LogP contribution in [0.25, 0.3) is 5.76 Å². The predicted molar refractivity (Wildman–Crippen MR) is 152 cm³/mol. The Morgan fingerprint density at radius 1 is 1.21 bits per heavy atom.